The normalized spacial score (nSPS) is 18.2. The molecule has 0 aliphatic carbocycles. The number of benzene rings is 2. The number of ether oxygens (including phenoxy) is 4. The van der Waals surface area contributed by atoms with Gasteiger partial charge in [0.2, 0.25) is 23.6 Å². The van der Waals surface area contributed by atoms with Gasteiger partial charge in [-0.05, 0) is 111 Å². The van der Waals surface area contributed by atoms with E-state index in [1.54, 1.807) is 62.3 Å². The summed E-state index contributed by atoms with van der Waals surface area (Å²) >= 11 is 0. The minimum atomic E-state index is -1.64. The molecule has 0 radical (unpaired) electrons. The SMILES string of the molecule is COC(=O)C1(NC(=O)OC(C)(C)C)CCN(C(=O)[C@@H](CCCCNC(=O)OC(C)(C)C)NC(=O)[C@H](CC(C)C)NC(=O)[C@@H]2Cc3ccccc3CN2C(=O)[C@@H](Cc2ccccc2)NC(=O)OC(C)(C)C)C1. The molecule has 0 aromatic heterocycles. The Kier molecular flexibility index (Phi) is 19.8. The molecular formula is C52H77N7O12. The molecule has 5 atom stereocenters. The number of methoxy groups -OCH3 is 1. The summed E-state index contributed by atoms with van der Waals surface area (Å²) in [4.78, 5) is 113. The second-order valence-corrected chi connectivity index (χ2v) is 21.7. The molecule has 0 saturated carbocycles. The van der Waals surface area contributed by atoms with Gasteiger partial charge in [0.25, 0.3) is 0 Å². The highest BCUT2D eigenvalue weighted by atomic mass is 16.6. The highest BCUT2D eigenvalue weighted by molar-refractivity contribution is 5.96. The van der Waals surface area contributed by atoms with Crippen LogP contribution in [0.25, 0.3) is 0 Å². The fraction of sp³-hybridized carbons (Fsp3) is 0.615. The summed E-state index contributed by atoms with van der Waals surface area (Å²) in [5.74, 6) is -3.26. The molecule has 0 bridgehead atoms. The number of unbranched alkanes of at least 4 members (excludes halogenated alkanes) is 1. The summed E-state index contributed by atoms with van der Waals surface area (Å²) in [7, 11) is 1.17. The number of carbonyl (C=O) groups is 8. The van der Waals surface area contributed by atoms with Crippen molar-refractivity contribution >= 4 is 47.9 Å². The van der Waals surface area contributed by atoms with Crippen molar-refractivity contribution in [3.05, 3.63) is 71.3 Å². The van der Waals surface area contributed by atoms with Crippen molar-refractivity contribution < 1.29 is 57.3 Å². The number of nitrogens with zero attached hydrogens (tertiary/aromatic N) is 2. The Morgan fingerprint density at radius 1 is 0.690 bits per heavy atom. The summed E-state index contributed by atoms with van der Waals surface area (Å²) < 4.78 is 21.4. The zero-order valence-corrected chi connectivity index (χ0v) is 43.7. The Labute approximate surface area is 418 Å². The maximum Gasteiger partial charge on any atom is 0.408 e. The molecule has 5 N–H and O–H groups in total. The van der Waals surface area contributed by atoms with E-state index in [0.29, 0.717) is 12.8 Å². The smallest absolute Gasteiger partial charge is 0.408 e. The Hall–Kier alpha value is -6.40. The zero-order valence-electron chi connectivity index (χ0n) is 43.7. The minimum absolute atomic E-state index is 0.00357. The molecule has 4 rings (SSSR count). The number of likely N-dealkylation sites (tertiary alicyclic amines) is 1. The quantitative estimate of drug-likeness (QED) is 0.0712. The molecule has 2 aromatic carbocycles. The summed E-state index contributed by atoms with van der Waals surface area (Å²) in [6.45, 7) is 19.1. The predicted molar refractivity (Wildman–Crippen MR) is 265 cm³/mol. The molecule has 71 heavy (non-hydrogen) atoms. The van der Waals surface area contributed by atoms with E-state index in [2.05, 4.69) is 26.6 Å². The number of amides is 7. The molecule has 7 amide bonds. The third-order valence-electron chi connectivity index (χ3n) is 11.5. The first kappa shape index (κ1) is 57.2. The number of carbonyl (C=O) groups excluding carboxylic acids is 8. The van der Waals surface area contributed by atoms with E-state index < -0.39 is 94.4 Å². The van der Waals surface area contributed by atoms with Gasteiger partial charge in [0.15, 0.2) is 5.54 Å². The number of alkyl carbamates (subject to hydrolysis) is 3. The van der Waals surface area contributed by atoms with Crippen molar-refractivity contribution in [1.29, 1.82) is 0 Å². The van der Waals surface area contributed by atoms with Gasteiger partial charge < -0.3 is 55.3 Å². The van der Waals surface area contributed by atoms with Crippen LogP contribution in [-0.2, 0) is 62.3 Å². The lowest BCUT2D eigenvalue weighted by Crippen LogP contribution is -2.61. The van der Waals surface area contributed by atoms with Gasteiger partial charge >= 0.3 is 24.2 Å². The van der Waals surface area contributed by atoms with Crippen LogP contribution < -0.4 is 26.6 Å². The highest BCUT2D eigenvalue weighted by Crippen LogP contribution is 2.28. The van der Waals surface area contributed by atoms with Crippen molar-refractivity contribution in [1.82, 2.24) is 36.4 Å². The first-order valence-electron chi connectivity index (χ1n) is 24.5. The Balaban J connectivity index is 1.63. The zero-order chi connectivity index (χ0) is 52.9. The average Bonchev–Trinajstić information content (AvgIpc) is 3.69. The molecule has 2 aliphatic rings. The van der Waals surface area contributed by atoms with Crippen LogP contribution in [0.15, 0.2) is 54.6 Å². The molecule has 2 aliphatic heterocycles. The number of hydrogen-bond donors (Lipinski definition) is 5. The number of nitrogens with one attached hydrogen (secondary N) is 5. The van der Waals surface area contributed by atoms with Crippen LogP contribution in [0.2, 0.25) is 0 Å². The van der Waals surface area contributed by atoms with Crippen molar-refractivity contribution in [3.8, 4) is 0 Å². The largest absolute Gasteiger partial charge is 0.467 e. The van der Waals surface area contributed by atoms with Crippen molar-refractivity contribution in [3.63, 3.8) is 0 Å². The van der Waals surface area contributed by atoms with Gasteiger partial charge in [0.1, 0.15) is 41.0 Å². The van der Waals surface area contributed by atoms with Gasteiger partial charge in [-0.1, -0.05) is 68.4 Å². The number of fused-ring (bicyclic) bond motifs is 1. The number of esters is 1. The van der Waals surface area contributed by atoms with Gasteiger partial charge in [-0.3, -0.25) is 19.2 Å². The molecule has 0 spiro atoms. The van der Waals surface area contributed by atoms with Crippen LogP contribution in [0, 0.1) is 5.92 Å². The molecule has 392 valence electrons. The third-order valence-corrected chi connectivity index (χ3v) is 11.5. The van der Waals surface area contributed by atoms with Crippen LogP contribution in [0.5, 0.6) is 0 Å². The summed E-state index contributed by atoms with van der Waals surface area (Å²) in [6.07, 6.45) is -1.07. The van der Waals surface area contributed by atoms with E-state index in [1.165, 1.54) is 16.9 Å². The molecule has 19 heteroatoms. The van der Waals surface area contributed by atoms with E-state index in [0.717, 1.165) is 16.7 Å². The number of rotatable bonds is 18. The van der Waals surface area contributed by atoms with Crippen molar-refractivity contribution in [2.75, 3.05) is 26.7 Å². The summed E-state index contributed by atoms with van der Waals surface area (Å²) in [5, 5.41) is 13.9. The maximum absolute atomic E-state index is 14.8. The first-order chi connectivity index (χ1) is 33.1. The van der Waals surface area contributed by atoms with E-state index in [-0.39, 0.29) is 64.2 Å². The molecule has 1 fully saturated rings. The Morgan fingerprint density at radius 3 is 1.89 bits per heavy atom. The fourth-order valence-electron chi connectivity index (χ4n) is 8.40. The lowest BCUT2D eigenvalue weighted by atomic mass is 9.91. The van der Waals surface area contributed by atoms with Gasteiger partial charge in [-0.15, -0.1) is 0 Å². The van der Waals surface area contributed by atoms with E-state index in [1.807, 2.05) is 68.4 Å². The fourth-order valence-corrected chi connectivity index (χ4v) is 8.40. The highest BCUT2D eigenvalue weighted by Gasteiger charge is 2.50. The van der Waals surface area contributed by atoms with Crippen molar-refractivity contribution in [2.45, 2.75) is 174 Å². The monoisotopic (exact) mass is 992 g/mol. The van der Waals surface area contributed by atoms with E-state index in [4.69, 9.17) is 18.9 Å². The van der Waals surface area contributed by atoms with Crippen molar-refractivity contribution in [2.24, 2.45) is 5.92 Å². The van der Waals surface area contributed by atoms with Gasteiger partial charge in [-0.2, -0.15) is 0 Å². The third kappa shape index (κ3) is 18.1. The van der Waals surface area contributed by atoms with E-state index >= 15 is 0 Å². The van der Waals surface area contributed by atoms with Crippen LogP contribution in [0.1, 0.15) is 125 Å². The molecule has 2 heterocycles. The average molecular weight is 992 g/mol. The minimum Gasteiger partial charge on any atom is -0.467 e. The number of hydrogen-bond acceptors (Lipinski definition) is 12. The molecule has 2 aromatic rings. The summed E-state index contributed by atoms with van der Waals surface area (Å²) in [6, 6.07) is 12.0. The second kappa shape index (κ2) is 24.6. The van der Waals surface area contributed by atoms with Gasteiger partial charge in [-0.25, -0.2) is 19.2 Å². The summed E-state index contributed by atoms with van der Waals surface area (Å²) in [5.41, 5.74) is -1.67. The van der Waals surface area contributed by atoms with E-state index in [9.17, 15) is 38.4 Å². The Morgan fingerprint density at radius 2 is 1.28 bits per heavy atom. The van der Waals surface area contributed by atoms with Crippen LogP contribution in [0.3, 0.4) is 0 Å². The van der Waals surface area contributed by atoms with Crippen LogP contribution in [0.4, 0.5) is 14.4 Å². The lowest BCUT2D eigenvalue weighted by molar-refractivity contribution is -0.148. The standard InChI is InChI=1S/C52H77N7O12/c1-33(2)28-38(55-42(61)40-30-35-22-16-17-23-36(35)31-59(40)44(63)39(29-34-20-14-13-15-21-34)56-47(66)70-50(6,7)8)41(60)54-37(24-18-19-26-53-46(65)69-49(3,4)5)43(62)58-27-25-52(32-58,45(64)68-12)57-48(67)71-51(9,10)11/h13-17,20-23,33,37-40H,18-19,24-32H2,1-12H3,(H,53,65)(H,54,60)(H,55,61)(H,56,66)(H,57,67)/t37-,38+,39-,40+,52?/m1/s1. The Bertz CT molecular complexity index is 2200. The molecular weight excluding hydrogens is 915 g/mol. The first-order valence-corrected chi connectivity index (χ1v) is 24.5. The predicted octanol–water partition coefficient (Wildman–Crippen LogP) is 5.46. The van der Waals surface area contributed by atoms with Gasteiger partial charge in [0.05, 0.1) is 13.7 Å². The van der Waals surface area contributed by atoms with Gasteiger partial charge in [0, 0.05) is 38.9 Å². The van der Waals surface area contributed by atoms with Crippen LogP contribution >= 0.6 is 0 Å². The topological polar surface area (TPSA) is 240 Å². The van der Waals surface area contributed by atoms with Crippen LogP contribution in [-0.4, -0.2) is 131 Å². The molecule has 1 unspecified atom stereocenters. The molecule has 1 saturated heterocycles. The maximum atomic E-state index is 14.8. The second-order valence-electron chi connectivity index (χ2n) is 21.7. The lowest BCUT2D eigenvalue weighted by Gasteiger charge is -2.39. The molecule has 19 nitrogen and oxygen atoms in total.